The predicted molar refractivity (Wildman–Crippen MR) is 124 cm³/mol. The van der Waals surface area contributed by atoms with E-state index >= 15 is 0 Å². The molecule has 7 nitrogen and oxygen atoms in total. The lowest BCUT2D eigenvalue weighted by molar-refractivity contribution is 0.0648. The summed E-state index contributed by atoms with van der Waals surface area (Å²) < 4.78 is 3.53. The first kappa shape index (κ1) is 20.4. The molecule has 0 aliphatic carbocycles. The van der Waals surface area contributed by atoms with Crippen LogP contribution in [-0.4, -0.2) is 36.8 Å². The summed E-state index contributed by atoms with van der Waals surface area (Å²) in [6, 6.07) is 11.6. The number of para-hydroxylation sites is 1. The lowest BCUT2D eigenvalue weighted by atomic mass is 10.1. The Bertz CT molecular complexity index is 1440. The summed E-state index contributed by atoms with van der Waals surface area (Å²) in [5.74, 6) is -0.612. The molecule has 0 saturated carbocycles. The summed E-state index contributed by atoms with van der Waals surface area (Å²) in [6.07, 6.45) is 0. The van der Waals surface area contributed by atoms with E-state index in [1.54, 1.807) is 3.96 Å². The minimum absolute atomic E-state index is 0.129. The molecule has 0 N–H and O–H groups in total. The van der Waals surface area contributed by atoms with E-state index in [9.17, 15) is 14.4 Å². The minimum atomic E-state index is -0.306. The number of amides is 2. The van der Waals surface area contributed by atoms with Gasteiger partial charge < -0.3 is 4.57 Å². The van der Waals surface area contributed by atoms with E-state index < -0.39 is 0 Å². The van der Waals surface area contributed by atoms with Crippen LogP contribution in [0.3, 0.4) is 0 Å². The zero-order valence-electron chi connectivity index (χ0n) is 18.3. The van der Waals surface area contributed by atoms with Crippen molar-refractivity contribution in [2.24, 2.45) is 0 Å². The molecule has 0 fully saturated rings. The molecule has 1 aliphatic heterocycles. The van der Waals surface area contributed by atoms with Crippen LogP contribution in [-0.2, 0) is 6.54 Å². The van der Waals surface area contributed by atoms with Crippen LogP contribution in [0.1, 0.15) is 43.4 Å². The van der Waals surface area contributed by atoms with Crippen molar-refractivity contribution in [3.63, 3.8) is 0 Å². The second-order valence-corrected chi connectivity index (χ2v) is 9.12. The van der Waals surface area contributed by atoms with Crippen molar-refractivity contribution >= 4 is 33.6 Å². The van der Waals surface area contributed by atoms with Gasteiger partial charge in [0.05, 0.1) is 23.1 Å². The maximum atomic E-state index is 13.2. The Kier molecular flexibility index (Phi) is 4.63. The monoisotopic (exact) mass is 446 g/mol. The third-order valence-corrected chi connectivity index (χ3v) is 7.09. The zero-order chi connectivity index (χ0) is 22.7. The van der Waals surface area contributed by atoms with Gasteiger partial charge in [0.2, 0.25) is 0 Å². The molecule has 0 saturated heterocycles. The van der Waals surface area contributed by atoms with E-state index in [2.05, 4.69) is 4.98 Å². The van der Waals surface area contributed by atoms with Gasteiger partial charge in [-0.05, 0) is 63.0 Å². The molecular weight excluding hydrogens is 424 g/mol. The fraction of sp³-hybridized carbons (Fsp3) is 0.250. The maximum absolute atomic E-state index is 13.2. The van der Waals surface area contributed by atoms with Gasteiger partial charge in [0.1, 0.15) is 4.83 Å². The third-order valence-electron chi connectivity index (χ3n) is 6.05. The van der Waals surface area contributed by atoms with E-state index in [4.69, 9.17) is 0 Å². The third kappa shape index (κ3) is 2.86. The number of hydrogen-bond donors (Lipinski definition) is 0. The summed E-state index contributed by atoms with van der Waals surface area (Å²) in [5, 5.41) is 0.604. The first-order chi connectivity index (χ1) is 15.3. The molecule has 4 aromatic rings. The quantitative estimate of drug-likeness (QED) is 0.447. The Morgan fingerprint density at radius 2 is 1.50 bits per heavy atom. The SMILES string of the molecule is Cc1cc(C)c2c(=O)n(CCN3C(=O)c4c(c(C)n(-c5ccccc5)c4C)C3=O)sc2n1. The average Bonchev–Trinajstić information content (AvgIpc) is 3.30. The number of aryl methyl sites for hydroxylation is 2. The van der Waals surface area contributed by atoms with Crippen LogP contribution in [0.5, 0.6) is 0 Å². The Morgan fingerprint density at radius 1 is 0.875 bits per heavy atom. The molecule has 5 rings (SSSR count). The van der Waals surface area contributed by atoms with E-state index in [1.807, 2.05) is 68.7 Å². The maximum Gasteiger partial charge on any atom is 0.270 e. The van der Waals surface area contributed by atoms with Crippen LogP contribution < -0.4 is 5.56 Å². The molecule has 8 heteroatoms. The number of benzene rings is 1. The number of hydrogen-bond acceptors (Lipinski definition) is 5. The molecule has 3 aromatic heterocycles. The van der Waals surface area contributed by atoms with Crippen LogP contribution in [0.25, 0.3) is 15.9 Å². The van der Waals surface area contributed by atoms with Crippen LogP contribution in [0.2, 0.25) is 0 Å². The van der Waals surface area contributed by atoms with Gasteiger partial charge in [-0.2, -0.15) is 0 Å². The molecule has 32 heavy (non-hydrogen) atoms. The van der Waals surface area contributed by atoms with Gasteiger partial charge in [-0.15, -0.1) is 0 Å². The molecule has 1 aliphatic rings. The molecule has 2 amide bonds. The highest BCUT2D eigenvalue weighted by Gasteiger charge is 2.41. The fourth-order valence-electron chi connectivity index (χ4n) is 4.63. The lowest BCUT2D eigenvalue weighted by Gasteiger charge is -2.16. The van der Waals surface area contributed by atoms with E-state index in [1.165, 1.54) is 16.4 Å². The van der Waals surface area contributed by atoms with Crippen molar-refractivity contribution in [3.8, 4) is 5.69 Å². The molecule has 162 valence electrons. The number of pyridine rings is 1. The summed E-state index contributed by atoms with van der Waals surface area (Å²) in [7, 11) is 0. The van der Waals surface area contributed by atoms with Gasteiger partial charge in [-0.25, -0.2) is 4.98 Å². The van der Waals surface area contributed by atoms with Crippen molar-refractivity contribution < 1.29 is 9.59 Å². The normalized spacial score (nSPS) is 13.4. The summed E-state index contributed by atoms with van der Waals surface area (Å²) in [6.45, 7) is 7.90. The first-order valence-corrected chi connectivity index (χ1v) is 11.2. The largest absolute Gasteiger partial charge is 0.317 e. The predicted octanol–water partition coefficient (Wildman–Crippen LogP) is 3.78. The van der Waals surface area contributed by atoms with Crippen LogP contribution in [0.4, 0.5) is 0 Å². The molecular formula is C24H22N4O3S. The molecule has 0 bridgehead atoms. The van der Waals surface area contributed by atoms with Crippen LogP contribution in [0.15, 0.2) is 41.2 Å². The van der Waals surface area contributed by atoms with Gasteiger partial charge in [0.15, 0.2) is 0 Å². The summed E-state index contributed by atoms with van der Waals surface area (Å²) in [4.78, 5) is 45.6. The number of carbonyl (C=O) groups is 2. The number of fused-ring (bicyclic) bond motifs is 2. The van der Waals surface area contributed by atoms with Crippen molar-refractivity contribution in [2.45, 2.75) is 34.2 Å². The topological polar surface area (TPSA) is 77.2 Å². The molecule has 0 atom stereocenters. The van der Waals surface area contributed by atoms with Crippen molar-refractivity contribution in [1.29, 1.82) is 0 Å². The Hall–Kier alpha value is -3.52. The van der Waals surface area contributed by atoms with E-state index in [-0.39, 0.29) is 30.5 Å². The zero-order valence-corrected chi connectivity index (χ0v) is 19.1. The number of rotatable bonds is 4. The van der Waals surface area contributed by atoms with Gasteiger partial charge >= 0.3 is 0 Å². The number of carbonyl (C=O) groups excluding carboxylic acids is 2. The highest BCUT2D eigenvalue weighted by Crippen LogP contribution is 2.33. The van der Waals surface area contributed by atoms with Crippen LogP contribution >= 0.6 is 11.5 Å². The summed E-state index contributed by atoms with van der Waals surface area (Å²) >= 11 is 1.27. The lowest BCUT2D eigenvalue weighted by Crippen LogP contribution is -2.34. The van der Waals surface area contributed by atoms with Crippen molar-refractivity contribution in [2.75, 3.05) is 6.54 Å². The standard InChI is InChI=1S/C24H22N4O3S/c1-13-12-14(2)25-21-18(13)24(31)27(32-21)11-10-26-22(29)19-15(3)28(16(4)20(19)23(26)30)17-8-6-5-7-9-17/h5-9,12H,10-11H2,1-4H3. The second-order valence-electron chi connectivity index (χ2n) is 8.11. The van der Waals surface area contributed by atoms with Gasteiger partial charge in [0.25, 0.3) is 17.4 Å². The second kappa shape index (κ2) is 7.27. The first-order valence-electron chi connectivity index (χ1n) is 10.4. The van der Waals surface area contributed by atoms with Gasteiger partial charge in [-0.3, -0.25) is 23.2 Å². The molecule has 0 unspecified atom stereocenters. The number of nitrogens with zero attached hydrogens (tertiary/aromatic N) is 4. The number of aromatic nitrogens is 3. The van der Waals surface area contributed by atoms with Crippen molar-refractivity contribution in [3.05, 3.63) is 80.5 Å². The fourth-order valence-corrected chi connectivity index (χ4v) is 5.71. The summed E-state index contributed by atoms with van der Waals surface area (Å²) in [5.41, 5.74) is 4.93. The van der Waals surface area contributed by atoms with E-state index in [0.29, 0.717) is 21.3 Å². The number of imide groups is 1. The highest BCUT2D eigenvalue weighted by atomic mass is 32.1. The van der Waals surface area contributed by atoms with Gasteiger partial charge in [0, 0.05) is 29.3 Å². The molecule has 1 aromatic carbocycles. The Balaban J connectivity index is 1.46. The molecule has 0 radical (unpaired) electrons. The Morgan fingerprint density at radius 3 is 2.12 bits per heavy atom. The average molecular weight is 447 g/mol. The van der Waals surface area contributed by atoms with E-state index in [0.717, 1.165) is 28.3 Å². The minimum Gasteiger partial charge on any atom is -0.317 e. The van der Waals surface area contributed by atoms with Crippen molar-refractivity contribution in [1.82, 2.24) is 18.4 Å². The highest BCUT2D eigenvalue weighted by molar-refractivity contribution is 7.13. The van der Waals surface area contributed by atoms with Crippen LogP contribution in [0, 0.1) is 27.7 Å². The smallest absolute Gasteiger partial charge is 0.270 e. The van der Waals surface area contributed by atoms with Gasteiger partial charge in [-0.1, -0.05) is 18.2 Å². The molecule has 0 spiro atoms. The molecule has 4 heterocycles. The Labute approximate surface area is 188 Å².